The van der Waals surface area contributed by atoms with Crippen molar-refractivity contribution in [1.29, 1.82) is 5.41 Å². The molecule has 5 nitrogen and oxygen atoms in total. The van der Waals surface area contributed by atoms with Crippen molar-refractivity contribution >= 4 is 17.3 Å². The molecule has 6 heteroatoms. The Morgan fingerprint density at radius 1 is 1.14 bits per heavy atom. The van der Waals surface area contributed by atoms with Crippen molar-refractivity contribution in [2.45, 2.75) is 45.2 Å². The lowest BCUT2D eigenvalue weighted by atomic mass is 9.80. The summed E-state index contributed by atoms with van der Waals surface area (Å²) in [7, 11) is 2.18. The molecule has 2 aliphatic rings. The highest BCUT2D eigenvalue weighted by atomic mass is 35.5. The van der Waals surface area contributed by atoms with Crippen molar-refractivity contribution < 1.29 is 4.74 Å². The SMILES string of the molecule is CCC(=N)C(c1ccc(Cl)cc1C(C)(CC)N1CCOCC1)N1CCN(C)CC1. The zero-order chi connectivity index (χ0) is 21.0. The third kappa shape index (κ3) is 4.86. The van der Waals surface area contributed by atoms with Gasteiger partial charge in [-0.3, -0.25) is 9.80 Å². The number of piperazine rings is 1. The molecule has 162 valence electrons. The topological polar surface area (TPSA) is 42.8 Å². The van der Waals surface area contributed by atoms with Gasteiger partial charge in [-0.25, -0.2) is 0 Å². The van der Waals surface area contributed by atoms with Crippen LogP contribution < -0.4 is 0 Å². The van der Waals surface area contributed by atoms with Gasteiger partial charge in [-0.2, -0.15) is 0 Å². The van der Waals surface area contributed by atoms with Crippen LogP contribution >= 0.6 is 11.6 Å². The molecule has 2 atom stereocenters. The van der Waals surface area contributed by atoms with E-state index < -0.39 is 0 Å². The Morgan fingerprint density at radius 3 is 2.38 bits per heavy atom. The van der Waals surface area contributed by atoms with E-state index in [0.717, 1.165) is 76.1 Å². The first-order valence-corrected chi connectivity index (χ1v) is 11.4. The van der Waals surface area contributed by atoms with Gasteiger partial charge in [-0.05, 0) is 50.1 Å². The van der Waals surface area contributed by atoms with Gasteiger partial charge in [0.1, 0.15) is 0 Å². The van der Waals surface area contributed by atoms with E-state index in [1.54, 1.807) is 0 Å². The van der Waals surface area contributed by atoms with Crippen LogP contribution in [0.3, 0.4) is 0 Å². The van der Waals surface area contributed by atoms with Crippen molar-refractivity contribution in [2.75, 3.05) is 59.5 Å². The normalized spacial score (nSPS) is 22.9. The Kier molecular flexibility index (Phi) is 7.74. The summed E-state index contributed by atoms with van der Waals surface area (Å²) in [6.07, 6.45) is 1.76. The first-order valence-electron chi connectivity index (χ1n) is 11.0. The second kappa shape index (κ2) is 9.88. The van der Waals surface area contributed by atoms with Crippen molar-refractivity contribution in [3.63, 3.8) is 0 Å². The summed E-state index contributed by atoms with van der Waals surface area (Å²) < 4.78 is 5.62. The standard InChI is InChI=1S/C23H37ClN4O/c1-5-21(25)22(27-11-9-26(4)10-12-27)19-8-7-18(24)17-20(19)23(3,6-2)28-13-15-29-16-14-28/h7-8,17,22,25H,5-6,9-16H2,1-4H3. The van der Waals surface area contributed by atoms with Crippen LogP contribution in [0.5, 0.6) is 0 Å². The van der Waals surface area contributed by atoms with Gasteiger partial charge in [0.2, 0.25) is 0 Å². The van der Waals surface area contributed by atoms with E-state index in [4.69, 9.17) is 21.7 Å². The Labute approximate surface area is 181 Å². The fourth-order valence-corrected chi connectivity index (χ4v) is 4.93. The minimum atomic E-state index is -0.122. The predicted octanol–water partition coefficient (Wildman–Crippen LogP) is 4.02. The van der Waals surface area contributed by atoms with Crippen molar-refractivity contribution in [2.24, 2.45) is 0 Å². The number of morpholine rings is 1. The second-order valence-electron chi connectivity index (χ2n) is 8.58. The van der Waals surface area contributed by atoms with Gasteiger partial charge >= 0.3 is 0 Å². The molecule has 0 amide bonds. The molecule has 0 aliphatic carbocycles. The summed E-state index contributed by atoms with van der Waals surface area (Å²) in [5.41, 5.74) is 3.19. The van der Waals surface area contributed by atoms with Crippen LogP contribution in [0.2, 0.25) is 5.02 Å². The maximum atomic E-state index is 8.85. The zero-order valence-corrected chi connectivity index (χ0v) is 19.3. The average Bonchev–Trinajstić information content (AvgIpc) is 2.76. The molecule has 29 heavy (non-hydrogen) atoms. The predicted molar refractivity (Wildman–Crippen MR) is 121 cm³/mol. The molecule has 0 radical (unpaired) electrons. The Balaban J connectivity index is 2.06. The summed E-state index contributed by atoms with van der Waals surface area (Å²) in [6.45, 7) is 14.2. The number of hydrogen-bond acceptors (Lipinski definition) is 5. The van der Waals surface area contributed by atoms with E-state index in [1.165, 1.54) is 11.1 Å². The molecule has 0 aromatic heterocycles. The van der Waals surface area contributed by atoms with E-state index in [9.17, 15) is 0 Å². The molecule has 2 unspecified atom stereocenters. The third-order valence-electron chi connectivity index (χ3n) is 6.90. The van der Waals surface area contributed by atoms with Gasteiger partial charge in [0.15, 0.2) is 0 Å². The Morgan fingerprint density at radius 2 is 1.79 bits per heavy atom. The minimum absolute atomic E-state index is 0.0212. The van der Waals surface area contributed by atoms with Gasteiger partial charge in [0.05, 0.1) is 19.3 Å². The van der Waals surface area contributed by atoms with Gasteiger partial charge in [-0.15, -0.1) is 0 Å². The number of nitrogens with zero attached hydrogens (tertiary/aromatic N) is 3. The van der Waals surface area contributed by atoms with Crippen LogP contribution in [-0.2, 0) is 10.3 Å². The molecule has 1 aromatic rings. The van der Waals surface area contributed by atoms with Gasteiger partial charge < -0.3 is 15.0 Å². The summed E-state index contributed by atoms with van der Waals surface area (Å²) in [5.74, 6) is 0. The van der Waals surface area contributed by atoms with Crippen LogP contribution in [0, 0.1) is 5.41 Å². The molecule has 2 fully saturated rings. The number of rotatable bonds is 7. The highest BCUT2D eigenvalue weighted by Crippen LogP contribution is 2.40. The van der Waals surface area contributed by atoms with Crippen LogP contribution in [0.15, 0.2) is 18.2 Å². The van der Waals surface area contributed by atoms with Gasteiger partial charge in [0, 0.05) is 55.5 Å². The van der Waals surface area contributed by atoms with Crippen LogP contribution in [0.4, 0.5) is 0 Å². The largest absolute Gasteiger partial charge is 0.379 e. The first-order chi connectivity index (χ1) is 13.9. The second-order valence-corrected chi connectivity index (χ2v) is 9.02. The van der Waals surface area contributed by atoms with Gasteiger partial charge in [-0.1, -0.05) is 31.5 Å². The number of halogens is 1. The average molecular weight is 421 g/mol. The van der Waals surface area contributed by atoms with E-state index in [-0.39, 0.29) is 11.6 Å². The molecule has 2 heterocycles. The van der Waals surface area contributed by atoms with E-state index >= 15 is 0 Å². The highest BCUT2D eigenvalue weighted by molar-refractivity contribution is 6.30. The smallest absolute Gasteiger partial charge is 0.0733 e. The lowest BCUT2D eigenvalue weighted by molar-refractivity contribution is -0.0206. The molecule has 1 N–H and O–H groups in total. The number of ether oxygens (including phenoxy) is 1. The first kappa shape index (κ1) is 22.7. The Bertz CT molecular complexity index is 698. The lowest BCUT2D eigenvalue weighted by Crippen LogP contribution is -2.51. The molecule has 3 rings (SSSR count). The number of hydrogen-bond donors (Lipinski definition) is 1. The summed E-state index contributed by atoms with van der Waals surface area (Å²) >= 11 is 6.52. The molecule has 2 saturated heterocycles. The number of likely N-dealkylation sites (N-methyl/N-ethyl adjacent to an activating group) is 1. The zero-order valence-electron chi connectivity index (χ0n) is 18.5. The maximum Gasteiger partial charge on any atom is 0.0733 e. The van der Waals surface area contributed by atoms with E-state index in [1.807, 2.05) is 6.07 Å². The summed E-state index contributed by atoms with van der Waals surface area (Å²) in [4.78, 5) is 7.41. The fourth-order valence-electron chi connectivity index (χ4n) is 4.75. The molecule has 0 saturated carbocycles. The maximum absolute atomic E-state index is 8.85. The fraction of sp³-hybridized carbons (Fsp3) is 0.696. The highest BCUT2D eigenvalue weighted by Gasteiger charge is 2.38. The van der Waals surface area contributed by atoms with Crippen molar-refractivity contribution in [3.05, 3.63) is 34.3 Å². The lowest BCUT2D eigenvalue weighted by Gasteiger charge is -2.46. The minimum Gasteiger partial charge on any atom is -0.379 e. The van der Waals surface area contributed by atoms with Crippen molar-refractivity contribution in [1.82, 2.24) is 14.7 Å². The van der Waals surface area contributed by atoms with Gasteiger partial charge in [0.25, 0.3) is 0 Å². The monoisotopic (exact) mass is 420 g/mol. The number of benzene rings is 1. The third-order valence-corrected chi connectivity index (χ3v) is 7.14. The molecule has 0 spiro atoms. The quantitative estimate of drug-likeness (QED) is 0.676. The molecular weight excluding hydrogens is 384 g/mol. The molecular formula is C23H37ClN4O. The Hall–Kier alpha value is -0.980. The van der Waals surface area contributed by atoms with E-state index in [0.29, 0.717) is 0 Å². The summed E-state index contributed by atoms with van der Waals surface area (Å²) in [6, 6.07) is 6.36. The molecule has 2 aliphatic heterocycles. The van der Waals surface area contributed by atoms with Crippen LogP contribution in [0.25, 0.3) is 0 Å². The van der Waals surface area contributed by atoms with Crippen molar-refractivity contribution in [3.8, 4) is 0 Å². The van der Waals surface area contributed by atoms with Crippen LogP contribution in [-0.4, -0.2) is 79.9 Å². The number of nitrogens with one attached hydrogen (secondary N) is 1. The molecule has 1 aromatic carbocycles. The van der Waals surface area contributed by atoms with Crippen LogP contribution in [0.1, 0.15) is 50.8 Å². The molecule has 0 bridgehead atoms. The summed E-state index contributed by atoms with van der Waals surface area (Å²) in [5, 5.41) is 9.63. The van der Waals surface area contributed by atoms with E-state index in [2.05, 4.69) is 54.7 Å².